The number of hydrogen-bond acceptors (Lipinski definition) is 7. The highest BCUT2D eigenvalue weighted by molar-refractivity contribution is 5.89. The summed E-state index contributed by atoms with van der Waals surface area (Å²) in [5, 5.41) is 14.4. The van der Waals surface area contributed by atoms with Gasteiger partial charge in [-0.1, -0.05) is 49.6 Å². The third-order valence-corrected chi connectivity index (χ3v) is 6.90. The zero-order chi connectivity index (χ0) is 23.3. The number of rotatable bonds is 7. The first-order valence-corrected chi connectivity index (χ1v) is 11.6. The fourth-order valence-electron chi connectivity index (χ4n) is 5.16. The van der Waals surface area contributed by atoms with Gasteiger partial charge in [0.15, 0.2) is 18.2 Å². The Morgan fingerprint density at radius 1 is 1.12 bits per heavy atom. The van der Waals surface area contributed by atoms with Crippen LogP contribution < -0.4 is 5.32 Å². The number of nitrogens with zero attached hydrogens (tertiary/aromatic N) is 4. The van der Waals surface area contributed by atoms with Crippen molar-refractivity contribution in [2.75, 3.05) is 32.0 Å². The van der Waals surface area contributed by atoms with Crippen LogP contribution in [0.4, 0.5) is 5.95 Å². The molecule has 2 fully saturated rings. The van der Waals surface area contributed by atoms with Gasteiger partial charge in [-0.3, -0.25) is 10.1 Å². The van der Waals surface area contributed by atoms with Gasteiger partial charge in [0.25, 0.3) is 5.91 Å². The number of likely N-dealkylation sites (N-methyl/N-ethyl adjacent to an activating group) is 1. The lowest BCUT2D eigenvalue weighted by Crippen LogP contribution is -2.49. The molecule has 9 heteroatoms. The zero-order valence-corrected chi connectivity index (χ0v) is 19.0. The van der Waals surface area contributed by atoms with Gasteiger partial charge in [0.05, 0.1) is 13.6 Å². The predicted molar refractivity (Wildman–Crippen MR) is 121 cm³/mol. The first-order valence-electron chi connectivity index (χ1n) is 11.6. The molecule has 0 radical (unpaired) electrons. The fraction of sp³-hybridized carbons (Fsp3) is 0.542. The molecule has 1 aliphatic carbocycles. The normalized spacial score (nSPS) is 25.2. The molecule has 2 heterocycles. The van der Waals surface area contributed by atoms with Gasteiger partial charge in [0.1, 0.15) is 19.2 Å². The molecule has 1 saturated carbocycles. The van der Waals surface area contributed by atoms with Crippen LogP contribution in [0.25, 0.3) is 0 Å². The second kappa shape index (κ2) is 9.93. The SMILES string of the molecule is C[N+]1(CC(=O)Nc2ncncn2)CCC(OC(=O)C(O)(c2ccccc2)C2CCCCC2)C1. The molecule has 3 unspecified atom stereocenters. The van der Waals surface area contributed by atoms with Crippen LogP contribution in [0.5, 0.6) is 0 Å². The lowest BCUT2D eigenvalue weighted by Gasteiger charge is -2.37. The van der Waals surface area contributed by atoms with Crippen LogP contribution in [0.3, 0.4) is 0 Å². The highest BCUT2D eigenvalue weighted by Gasteiger charge is 2.49. The second-order valence-electron chi connectivity index (χ2n) is 9.48. The third-order valence-electron chi connectivity index (χ3n) is 6.90. The second-order valence-corrected chi connectivity index (χ2v) is 9.48. The highest BCUT2D eigenvalue weighted by atomic mass is 16.6. The minimum Gasteiger partial charge on any atom is -0.454 e. The molecule has 33 heavy (non-hydrogen) atoms. The smallest absolute Gasteiger partial charge is 0.343 e. The van der Waals surface area contributed by atoms with Crippen LogP contribution in [0.2, 0.25) is 0 Å². The van der Waals surface area contributed by atoms with Crippen molar-refractivity contribution in [1.29, 1.82) is 0 Å². The van der Waals surface area contributed by atoms with Gasteiger partial charge in [-0.15, -0.1) is 0 Å². The summed E-state index contributed by atoms with van der Waals surface area (Å²) < 4.78 is 6.34. The summed E-state index contributed by atoms with van der Waals surface area (Å²) in [5.74, 6) is -0.730. The van der Waals surface area contributed by atoms with Gasteiger partial charge in [-0.05, 0) is 18.4 Å². The quantitative estimate of drug-likeness (QED) is 0.486. The monoisotopic (exact) mass is 454 g/mol. The molecule has 2 aromatic rings. The van der Waals surface area contributed by atoms with E-state index in [-0.39, 0.29) is 30.4 Å². The van der Waals surface area contributed by atoms with E-state index in [4.69, 9.17) is 4.74 Å². The Hall–Kier alpha value is -2.91. The Morgan fingerprint density at radius 2 is 1.82 bits per heavy atom. The molecule has 1 amide bonds. The Balaban J connectivity index is 1.41. The number of carbonyl (C=O) groups is 2. The number of aromatic nitrogens is 3. The molecule has 2 N–H and O–H groups in total. The molecule has 2 aliphatic rings. The maximum absolute atomic E-state index is 13.4. The van der Waals surface area contributed by atoms with Crippen LogP contribution in [0.15, 0.2) is 43.0 Å². The molecule has 1 aromatic heterocycles. The van der Waals surface area contributed by atoms with Crippen LogP contribution >= 0.6 is 0 Å². The summed E-state index contributed by atoms with van der Waals surface area (Å²) in [5.41, 5.74) is -1.06. The minimum absolute atomic E-state index is 0.158. The van der Waals surface area contributed by atoms with Crippen molar-refractivity contribution in [1.82, 2.24) is 15.0 Å². The first kappa shape index (κ1) is 23.3. The maximum atomic E-state index is 13.4. The molecule has 0 spiro atoms. The van der Waals surface area contributed by atoms with E-state index in [2.05, 4.69) is 20.3 Å². The first-order chi connectivity index (χ1) is 15.9. The summed E-state index contributed by atoms with van der Waals surface area (Å²) in [6.45, 7) is 1.41. The van der Waals surface area contributed by atoms with Gasteiger partial charge in [-0.2, -0.15) is 0 Å². The predicted octanol–water partition coefficient (Wildman–Crippen LogP) is 2.04. The zero-order valence-electron chi connectivity index (χ0n) is 19.0. The van der Waals surface area contributed by atoms with Crippen molar-refractivity contribution < 1.29 is 23.9 Å². The molecule has 1 saturated heterocycles. The number of ether oxygens (including phenoxy) is 1. The minimum atomic E-state index is -1.65. The molecule has 1 aromatic carbocycles. The molecular formula is C24H32N5O4+. The average Bonchev–Trinajstić information content (AvgIpc) is 3.19. The Labute approximate surface area is 193 Å². The number of carbonyl (C=O) groups excluding carboxylic acids is 2. The van der Waals surface area contributed by atoms with Crippen LogP contribution in [-0.4, -0.2) is 69.2 Å². The lowest BCUT2D eigenvalue weighted by molar-refractivity contribution is -0.890. The summed E-state index contributed by atoms with van der Waals surface area (Å²) in [6, 6.07) is 9.15. The highest BCUT2D eigenvalue weighted by Crippen LogP contribution is 2.41. The molecule has 3 atom stereocenters. The van der Waals surface area contributed by atoms with E-state index in [1.165, 1.54) is 12.7 Å². The summed E-state index contributed by atoms with van der Waals surface area (Å²) in [4.78, 5) is 37.5. The van der Waals surface area contributed by atoms with Crippen molar-refractivity contribution in [2.24, 2.45) is 5.92 Å². The number of nitrogens with one attached hydrogen (secondary N) is 1. The van der Waals surface area contributed by atoms with Crippen molar-refractivity contribution in [2.45, 2.75) is 50.2 Å². The molecular weight excluding hydrogens is 422 g/mol. The van der Waals surface area contributed by atoms with Crippen molar-refractivity contribution in [3.05, 3.63) is 48.5 Å². The van der Waals surface area contributed by atoms with Crippen molar-refractivity contribution >= 4 is 17.8 Å². The Bertz CT molecular complexity index is 954. The number of likely N-dealkylation sites (tertiary alicyclic amines) is 1. The van der Waals surface area contributed by atoms with Crippen molar-refractivity contribution in [3.63, 3.8) is 0 Å². The van der Waals surface area contributed by atoms with Crippen molar-refractivity contribution in [3.8, 4) is 0 Å². The maximum Gasteiger partial charge on any atom is 0.343 e. The number of hydrogen-bond donors (Lipinski definition) is 2. The van der Waals surface area contributed by atoms with E-state index in [9.17, 15) is 14.7 Å². The van der Waals surface area contributed by atoms with Gasteiger partial charge >= 0.3 is 5.97 Å². The largest absolute Gasteiger partial charge is 0.454 e. The summed E-state index contributed by atoms with van der Waals surface area (Å²) >= 11 is 0. The Morgan fingerprint density at radius 3 is 2.52 bits per heavy atom. The topological polar surface area (TPSA) is 114 Å². The van der Waals surface area contributed by atoms with Gasteiger partial charge in [0, 0.05) is 12.3 Å². The van der Waals surface area contributed by atoms with Gasteiger partial charge < -0.3 is 14.3 Å². The number of benzene rings is 1. The van der Waals surface area contributed by atoms with E-state index in [1.54, 1.807) is 12.1 Å². The van der Waals surface area contributed by atoms with E-state index >= 15 is 0 Å². The molecule has 4 rings (SSSR count). The number of aliphatic hydroxyl groups is 1. The molecule has 1 aliphatic heterocycles. The number of anilines is 1. The van der Waals surface area contributed by atoms with Gasteiger partial charge in [-0.25, -0.2) is 19.7 Å². The standard InChI is InChI=1S/C24H31N5O4/c1-29(15-21(30)28-23-26-16-25-17-27-23)13-12-20(14-29)33-22(31)24(32,18-8-4-2-5-9-18)19-10-6-3-7-11-19/h2,4-5,8-9,16-17,19-20,32H,3,6-7,10-15H2,1H3/p+1. The molecule has 9 nitrogen and oxygen atoms in total. The van der Waals surface area contributed by atoms with E-state index < -0.39 is 11.6 Å². The van der Waals surface area contributed by atoms with Crippen LogP contribution in [-0.2, 0) is 19.9 Å². The van der Waals surface area contributed by atoms with E-state index in [0.717, 1.165) is 32.1 Å². The summed E-state index contributed by atoms with van der Waals surface area (Å²) in [6.07, 6.45) is 7.66. The molecule has 176 valence electrons. The fourth-order valence-corrected chi connectivity index (χ4v) is 5.16. The van der Waals surface area contributed by atoms with E-state index in [1.807, 2.05) is 25.2 Å². The van der Waals surface area contributed by atoms with Crippen LogP contribution in [0.1, 0.15) is 44.1 Å². The number of amides is 1. The Kier molecular flexibility index (Phi) is 6.99. The molecule has 0 bridgehead atoms. The third kappa shape index (κ3) is 5.36. The number of esters is 1. The lowest BCUT2D eigenvalue weighted by atomic mass is 9.73. The van der Waals surface area contributed by atoms with Crippen LogP contribution in [0, 0.1) is 5.92 Å². The summed E-state index contributed by atoms with van der Waals surface area (Å²) in [7, 11) is 1.96. The van der Waals surface area contributed by atoms with Gasteiger partial charge in [0.2, 0.25) is 5.95 Å². The number of quaternary nitrogens is 1. The average molecular weight is 455 g/mol. The van der Waals surface area contributed by atoms with E-state index in [0.29, 0.717) is 29.6 Å².